The van der Waals surface area contributed by atoms with E-state index in [1.807, 2.05) is 12.1 Å². The minimum absolute atomic E-state index is 0.278. The van der Waals surface area contributed by atoms with Gasteiger partial charge in [0, 0.05) is 37.5 Å². The fourth-order valence-corrected chi connectivity index (χ4v) is 4.83. The lowest BCUT2D eigenvalue weighted by atomic mass is 9.73. The van der Waals surface area contributed by atoms with E-state index in [-0.39, 0.29) is 5.41 Å². The van der Waals surface area contributed by atoms with Gasteiger partial charge in [0.15, 0.2) is 0 Å². The lowest BCUT2D eigenvalue weighted by Gasteiger charge is -2.48. The van der Waals surface area contributed by atoms with Gasteiger partial charge in [0.05, 0.1) is 10.0 Å². The third-order valence-electron chi connectivity index (χ3n) is 5.85. The topological polar surface area (TPSA) is 23.6 Å². The van der Waals surface area contributed by atoms with Crippen molar-refractivity contribution in [3.05, 3.63) is 33.8 Å². The number of carbonyl (C=O) groups excluding carboxylic acids is 1. The summed E-state index contributed by atoms with van der Waals surface area (Å²) in [6.45, 7) is 3.96. The first-order valence-corrected chi connectivity index (χ1v) is 9.77. The molecular weight excluding hydrogens is 343 g/mol. The van der Waals surface area contributed by atoms with E-state index in [0.29, 0.717) is 22.0 Å². The van der Waals surface area contributed by atoms with E-state index in [4.69, 9.17) is 23.2 Å². The molecule has 130 valence electrons. The molecule has 1 saturated carbocycles. The average molecular weight is 367 g/mol. The quantitative estimate of drug-likeness (QED) is 0.793. The Bertz CT molecular complexity index is 646. The normalized spacial score (nSPS) is 28.6. The molecule has 0 radical (unpaired) electrons. The van der Waals surface area contributed by atoms with Gasteiger partial charge in [-0.3, -0.25) is 9.69 Å². The zero-order chi connectivity index (χ0) is 16.7. The van der Waals surface area contributed by atoms with Crippen molar-refractivity contribution in [1.29, 1.82) is 0 Å². The highest BCUT2D eigenvalue weighted by atomic mass is 35.5. The number of rotatable bonds is 3. The summed E-state index contributed by atoms with van der Waals surface area (Å²) in [6.07, 6.45) is 6.60. The largest absolute Gasteiger partial charge is 0.339 e. The van der Waals surface area contributed by atoms with Crippen LogP contribution in [-0.2, 0) is 11.3 Å². The molecule has 1 amide bonds. The second kappa shape index (κ2) is 6.51. The van der Waals surface area contributed by atoms with E-state index >= 15 is 0 Å². The number of hydrogen-bond donors (Lipinski definition) is 0. The van der Waals surface area contributed by atoms with Gasteiger partial charge in [0.1, 0.15) is 0 Å². The van der Waals surface area contributed by atoms with Crippen LogP contribution in [-0.4, -0.2) is 41.4 Å². The molecule has 3 aliphatic rings. The molecule has 3 nitrogen and oxygen atoms in total. The molecule has 1 spiro atoms. The van der Waals surface area contributed by atoms with Gasteiger partial charge in [-0.25, -0.2) is 0 Å². The Morgan fingerprint density at radius 3 is 2.79 bits per heavy atom. The third kappa shape index (κ3) is 3.31. The van der Waals surface area contributed by atoms with Gasteiger partial charge in [0.2, 0.25) is 5.91 Å². The smallest absolute Gasteiger partial charge is 0.222 e. The van der Waals surface area contributed by atoms with Crippen LogP contribution < -0.4 is 0 Å². The van der Waals surface area contributed by atoms with E-state index in [1.54, 1.807) is 0 Å². The second-order valence-electron chi connectivity index (χ2n) is 7.78. The molecule has 5 heteroatoms. The number of piperidine rings is 2. The van der Waals surface area contributed by atoms with Gasteiger partial charge in [-0.1, -0.05) is 35.3 Å². The molecule has 0 aromatic heterocycles. The standard InChI is InChI=1S/C19H24Cl2N2O/c20-16-4-1-3-14(18(16)21)11-22-10-2-8-19(12-22)9-7-17(24)23(13-19)15-5-6-15/h1,3-4,15H,2,5-13H2/t19-/m0/s1. The van der Waals surface area contributed by atoms with Gasteiger partial charge in [0.25, 0.3) is 0 Å². The van der Waals surface area contributed by atoms with Crippen LogP contribution in [0.25, 0.3) is 0 Å². The Morgan fingerprint density at radius 2 is 2.00 bits per heavy atom. The molecule has 2 aliphatic heterocycles. The Morgan fingerprint density at radius 1 is 1.17 bits per heavy atom. The molecule has 2 saturated heterocycles. The van der Waals surface area contributed by atoms with Gasteiger partial charge in [-0.15, -0.1) is 0 Å². The van der Waals surface area contributed by atoms with Gasteiger partial charge in [-0.2, -0.15) is 0 Å². The summed E-state index contributed by atoms with van der Waals surface area (Å²) in [5.41, 5.74) is 1.38. The summed E-state index contributed by atoms with van der Waals surface area (Å²) in [5.74, 6) is 0.373. The Labute approximate surface area is 153 Å². The maximum atomic E-state index is 12.2. The van der Waals surface area contributed by atoms with Crippen molar-refractivity contribution in [2.24, 2.45) is 5.41 Å². The van der Waals surface area contributed by atoms with Crippen molar-refractivity contribution in [1.82, 2.24) is 9.80 Å². The van der Waals surface area contributed by atoms with Crippen LogP contribution >= 0.6 is 23.2 Å². The number of amides is 1. The van der Waals surface area contributed by atoms with Gasteiger partial charge in [-0.05, 0) is 50.3 Å². The summed E-state index contributed by atoms with van der Waals surface area (Å²) in [5, 5.41) is 1.31. The second-order valence-corrected chi connectivity index (χ2v) is 8.57. The van der Waals surface area contributed by atoms with Crippen LogP contribution in [0.3, 0.4) is 0 Å². The highest BCUT2D eigenvalue weighted by Gasteiger charge is 2.45. The summed E-state index contributed by atoms with van der Waals surface area (Å²) < 4.78 is 0. The first kappa shape index (κ1) is 16.7. The molecular formula is C19H24Cl2N2O. The van der Waals surface area contributed by atoms with Crippen molar-refractivity contribution in [2.45, 2.75) is 51.1 Å². The van der Waals surface area contributed by atoms with E-state index in [2.05, 4.69) is 15.9 Å². The van der Waals surface area contributed by atoms with Crippen molar-refractivity contribution in [2.75, 3.05) is 19.6 Å². The molecule has 1 aromatic carbocycles. The molecule has 0 unspecified atom stereocenters. The Hall–Kier alpha value is -0.770. The van der Waals surface area contributed by atoms with E-state index in [1.165, 1.54) is 25.7 Å². The summed E-state index contributed by atoms with van der Waals surface area (Å²) in [7, 11) is 0. The summed E-state index contributed by atoms with van der Waals surface area (Å²) >= 11 is 12.5. The number of carbonyl (C=O) groups is 1. The van der Waals surface area contributed by atoms with Crippen LogP contribution in [0, 0.1) is 5.41 Å². The maximum Gasteiger partial charge on any atom is 0.222 e. The fraction of sp³-hybridized carbons (Fsp3) is 0.632. The minimum atomic E-state index is 0.278. The predicted octanol–water partition coefficient (Wildman–Crippen LogP) is 4.36. The lowest BCUT2D eigenvalue weighted by molar-refractivity contribution is -0.140. The monoisotopic (exact) mass is 366 g/mol. The molecule has 3 fully saturated rings. The van der Waals surface area contributed by atoms with Gasteiger partial charge >= 0.3 is 0 Å². The molecule has 24 heavy (non-hydrogen) atoms. The Kier molecular flexibility index (Phi) is 4.53. The highest BCUT2D eigenvalue weighted by molar-refractivity contribution is 6.42. The molecule has 0 N–H and O–H groups in total. The summed E-state index contributed by atoms with van der Waals surface area (Å²) in [6, 6.07) is 6.41. The van der Waals surface area contributed by atoms with Crippen LogP contribution in [0.5, 0.6) is 0 Å². The van der Waals surface area contributed by atoms with E-state index in [0.717, 1.165) is 44.6 Å². The minimum Gasteiger partial charge on any atom is -0.339 e. The molecule has 1 aliphatic carbocycles. The molecule has 1 aromatic rings. The molecule has 0 bridgehead atoms. The van der Waals surface area contributed by atoms with Crippen LogP contribution in [0.15, 0.2) is 18.2 Å². The zero-order valence-corrected chi connectivity index (χ0v) is 15.5. The van der Waals surface area contributed by atoms with E-state index in [9.17, 15) is 4.79 Å². The lowest BCUT2D eigenvalue weighted by Crippen LogP contribution is -2.54. The third-order valence-corrected chi connectivity index (χ3v) is 6.71. The highest BCUT2D eigenvalue weighted by Crippen LogP contribution is 2.42. The van der Waals surface area contributed by atoms with Crippen LogP contribution in [0.4, 0.5) is 0 Å². The number of halogens is 2. The SMILES string of the molecule is O=C1CC[C@]2(CCCN(Cc3cccc(Cl)c3Cl)C2)CN1C1CC1. The first-order chi connectivity index (χ1) is 11.6. The predicted molar refractivity (Wildman–Crippen MR) is 97.4 cm³/mol. The Balaban J connectivity index is 1.47. The van der Waals surface area contributed by atoms with Crippen molar-refractivity contribution < 1.29 is 4.79 Å². The fourth-order valence-electron chi connectivity index (χ4n) is 4.45. The van der Waals surface area contributed by atoms with Crippen molar-refractivity contribution >= 4 is 29.1 Å². The first-order valence-electron chi connectivity index (χ1n) is 9.01. The van der Waals surface area contributed by atoms with Crippen molar-refractivity contribution in [3.8, 4) is 0 Å². The van der Waals surface area contributed by atoms with E-state index < -0.39 is 0 Å². The summed E-state index contributed by atoms with van der Waals surface area (Å²) in [4.78, 5) is 16.9. The number of likely N-dealkylation sites (tertiary alicyclic amines) is 2. The molecule has 1 atom stereocenters. The number of benzene rings is 1. The number of hydrogen-bond acceptors (Lipinski definition) is 2. The molecule has 2 heterocycles. The van der Waals surface area contributed by atoms with Crippen LogP contribution in [0.1, 0.15) is 44.1 Å². The zero-order valence-electron chi connectivity index (χ0n) is 13.9. The average Bonchev–Trinajstić information content (AvgIpc) is 3.40. The van der Waals surface area contributed by atoms with Gasteiger partial charge < -0.3 is 4.90 Å². The number of nitrogens with zero attached hydrogens (tertiary/aromatic N) is 2. The van der Waals surface area contributed by atoms with Crippen molar-refractivity contribution in [3.63, 3.8) is 0 Å². The van der Waals surface area contributed by atoms with Crippen LogP contribution in [0.2, 0.25) is 10.0 Å². The maximum absolute atomic E-state index is 12.2. The molecule has 4 rings (SSSR count).